The van der Waals surface area contributed by atoms with E-state index in [-0.39, 0.29) is 18.0 Å². The zero-order chi connectivity index (χ0) is 14.3. The molecule has 3 aromatic rings. The standard InChI is InChI=1S/C13H12N4O3.ClH/c1-16-12(18)10(6-15-16)9-5-8(13(19)20-2)7-17-4-3-14-11(9)17;/h3-7,15H,1-2H3;1H. The second-order valence-corrected chi connectivity index (χ2v) is 4.34. The summed E-state index contributed by atoms with van der Waals surface area (Å²) in [4.78, 5) is 28.0. The summed E-state index contributed by atoms with van der Waals surface area (Å²) in [6, 6.07) is 1.61. The number of hydrogen-bond acceptors (Lipinski definition) is 4. The van der Waals surface area contributed by atoms with E-state index in [9.17, 15) is 9.59 Å². The number of carbonyl (C=O) groups excluding carboxylic acids is 1. The Morgan fingerprint density at radius 1 is 1.38 bits per heavy atom. The SMILES string of the molecule is COC(=O)c1cc(-c2c[nH]n(C)c2=O)c2nccn2c1.Cl. The normalized spacial score (nSPS) is 10.4. The molecule has 8 heteroatoms. The Bertz CT molecular complexity index is 862. The molecule has 0 fully saturated rings. The summed E-state index contributed by atoms with van der Waals surface area (Å²) in [5, 5.41) is 2.81. The van der Waals surface area contributed by atoms with Crippen LogP contribution in [0.2, 0.25) is 0 Å². The zero-order valence-electron chi connectivity index (χ0n) is 11.4. The van der Waals surface area contributed by atoms with Gasteiger partial charge in [0, 0.05) is 37.4 Å². The van der Waals surface area contributed by atoms with Crippen LogP contribution in [0.4, 0.5) is 0 Å². The second kappa shape index (κ2) is 5.45. The molecule has 3 heterocycles. The molecule has 0 saturated carbocycles. The van der Waals surface area contributed by atoms with E-state index < -0.39 is 5.97 Å². The molecule has 0 spiro atoms. The average molecular weight is 309 g/mol. The lowest BCUT2D eigenvalue weighted by molar-refractivity contribution is 0.0600. The van der Waals surface area contributed by atoms with Crippen LogP contribution in [-0.2, 0) is 11.8 Å². The summed E-state index contributed by atoms with van der Waals surface area (Å²) in [6.45, 7) is 0. The van der Waals surface area contributed by atoms with Crippen molar-refractivity contribution in [1.29, 1.82) is 0 Å². The van der Waals surface area contributed by atoms with Crippen molar-refractivity contribution in [3.8, 4) is 11.1 Å². The molecule has 110 valence electrons. The average Bonchev–Trinajstić information content (AvgIpc) is 3.05. The second-order valence-electron chi connectivity index (χ2n) is 4.34. The van der Waals surface area contributed by atoms with Crippen molar-refractivity contribution < 1.29 is 9.53 Å². The lowest BCUT2D eigenvalue weighted by Gasteiger charge is -2.05. The van der Waals surface area contributed by atoms with Crippen LogP contribution in [0.1, 0.15) is 10.4 Å². The van der Waals surface area contributed by atoms with Crippen LogP contribution in [0.5, 0.6) is 0 Å². The number of carbonyl (C=O) groups is 1. The minimum absolute atomic E-state index is 0. The van der Waals surface area contributed by atoms with Gasteiger partial charge >= 0.3 is 5.97 Å². The summed E-state index contributed by atoms with van der Waals surface area (Å²) in [7, 11) is 2.94. The van der Waals surface area contributed by atoms with Gasteiger partial charge in [0.2, 0.25) is 0 Å². The van der Waals surface area contributed by atoms with Gasteiger partial charge in [-0.2, -0.15) is 0 Å². The maximum absolute atomic E-state index is 12.1. The molecular weight excluding hydrogens is 296 g/mol. The Morgan fingerprint density at radius 3 is 2.76 bits per heavy atom. The molecule has 0 atom stereocenters. The number of imidazole rings is 1. The molecule has 21 heavy (non-hydrogen) atoms. The van der Waals surface area contributed by atoms with Crippen molar-refractivity contribution in [2.24, 2.45) is 7.05 Å². The van der Waals surface area contributed by atoms with E-state index in [4.69, 9.17) is 4.74 Å². The van der Waals surface area contributed by atoms with Crippen LogP contribution in [0.25, 0.3) is 16.8 Å². The van der Waals surface area contributed by atoms with E-state index in [0.717, 1.165) is 0 Å². The number of pyridine rings is 1. The van der Waals surface area contributed by atoms with Crippen molar-refractivity contribution in [2.45, 2.75) is 0 Å². The van der Waals surface area contributed by atoms with Crippen LogP contribution in [0.15, 0.2) is 35.6 Å². The van der Waals surface area contributed by atoms with Crippen molar-refractivity contribution in [2.75, 3.05) is 7.11 Å². The number of methoxy groups -OCH3 is 1. The van der Waals surface area contributed by atoms with Crippen LogP contribution in [-0.4, -0.2) is 32.2 Å². The predicted octanol–water partition coefficient (Wildman–Crippen LogP) is 1.24. The first-order valence-electron chi connectivity index (χ1n) is 5.91. The molecule has 0 aliphatic heterocycles. The fraction of sp³-hybridized carbons (Fsp3) is 0.154. The molecule has 7 nitrogen and oxygen atoms in total. The van der Waals surface area contributed by atoms with Gasteiger partial charge in [-0.15, -0.1) is 12.4 Å². The van der Waals surface area contributed by atoms with Crippen molar-refractivity contribution in [3.05, 3.63) is 46.8 Å². The highest BCUT2D eigenvalue weighted by Gasteiger charge is 2.16. The van der Waals surface area contributed by atoms with Crippen molar-refractivity contribution >= 4 is 24.0 Å². The fourth-order valence-electron chi connectivity index (χ4n) is 2.12. The molecule has 3 aromatic heterocycles. The third-order valence-corrected chi connectivity index (χ3v) is 3.14. The Morgan fingerprint density at radius 2 is 2.14 bits per heavy atom. The number of aromatic amines is 1. The van der Waals surface area contributed by atoms with Gasteiger partial charge in [-0.25, -0.2) is 9.78 Å². The highest BCUT2D eigenvalue weighted by Crippen LogP contribution is 2.22. The van der Waals surface area contributed by atoms with E-state index in [1.165, 1.54) is 11.8 Å². The van der Waals surface area contributed by atoms with Gasteiger partial charge in [-0.3, -0.25) is 9.48 Å². The smallest absolute Gasteiger partial charge is 0.339 e. The van der Waals surface area contributed by atoms with E-state index in [2.05, 4.69) is 10.1 Å². The molecule has 0 amide bonds. The molecule has 0 aromatic carbocycles. The van der Waals surface area contributed by atoms with Gasteiger partial charge in [-0.05, 0) is 6.07 Å². The molecular formula is C13H13ClN4O3. The Labute approximate surface area is 125 Å². The summed E-state index contributed by atoms with van der Waals surface area (Å²) >= 11 is 0. The monoisotopic (exact) mass is 308 g/mol. The number of halogens is 1. The first-order valence-corrected chi connectivity index (χ1v) is 5.91. The number of esters is 1. The summed E-state index contributed by atoms with van der Waals surface area (Å²) < 4.78 is 7.77. The largest absolute Gasteiger partial charge is 0.465 e. The number of nitrogens with one attached hydrogen (secondary N) is 1. The Hall–Kier alpha value is -2.54. The number of H-pyrrole nitrogens is 1. The van der Waals surface area contributed by atoms with E-state index in [1.54, 1.807) is 42.3 Å². The van der Waals surface area contributed by atoms with E-state index >= 15 is 0 Å². The third kappa shape index (κ3) is 2.31. The zero-order valence-corrected chi connectivity index (χ0v) is 12.2. The fourth-order valence-corrected chi connectivity index (χ4v) is 2.12. The molecule has 0 unspecified atom stereocenters. The number of fused-ring (bicyclic) bond motifs is 1. The van der Waals surface area contributed by atoms with Crippen LogP contribution in [0.3, 0.4) is 0 Å². The number of aromatic nitrogens is 4. The lowest BCUT2D eigenvalue weighted by atomic mass is 10.1. The number of aryl methyl sites for hydroxylation is 1. The third-order valence-electron chi connectivity index (χ3n) is 3.14. The summed E-state index contributed by atoms with van der Waals surface area (Å²) in [5.41, 5.74) is 1.82. The molecule has 0 bridgehead atoms. The van der Waals surface area contributed by atoms with Gasteiger partial charge in [0.1, 0.15) is 5.65 Å². The van der Waals surface area contributed by atoms with Crippen molar-refractivity contribution in [1.82, 2.24) is 19.2 Å². The Balaban J connectivity index is 0.00000161. The van der Waals surface area contributed by atoms with Crippen LogP contribution in [0, 0.1) is 0 Å². The Kier molecular flexibility index (Phi) is 3.86. The minimum Gasteiger partial charge on any atom is -0.465 e. The first-order chi connectivity index (χ1) is 9.61. The van der Waals surface area contributed by atoms with E-state index in [1.807, 2.05) is 0 Å². The highest BCUT2D eigenvalue weighted by atomic mass is 35.5. The van der Waals surface area contributed by atoms with Crippen LogP contribution >= 0.6 is 12.4 Å². The highest BCUT2D eigenvalue weighted by molar-refractivity contribution is 5.92. The van der Waals surface area contributed by atoms with Gasteiger partial charge in [0.25, 0.3) is 5.56 Å². The maximum Gasteiger partial charge on any atom is 0.339 e. The first kappa shape index (κ1) is 14.9. The molecule has 0 aliphatic rings. The minimum atomic E-state index is -0.464. The molecule has 1 N–H and O–H groups in total. The van der Waals surface area contributed by atoms with Crippen LogP contribution < -0.4 is 5.56 Å². The van der Waals surface area contributed by atoms with Gasteiger partial charge < -0.3 is 14.2 Å². The number of nitrogens with zero attached hydrogens (tertiary/aromatic N) is 3. The molecule has 0 saturated heterocycles. The molecule has 3 rings (SSSR count). The van der Waals surface area contributed by atoms with Gasteiger partial charge in [0.05, 0.1) is 18.2 Å². The van der Waals surface area contributed by atoms with Crippen molar-refractivity contribution in [3.63, 3.8) is 0 Å². The molecule has 0 aliphatic carbocycles. The summed E-state index contributed by atoms with van der Waals surface area (Å²) in [6.07, 6.45) is 6.53. The summed E-state index contributed by atoms with van der Waals surface area (Å²) in [5.74, 6) is -0.464. The molecule has 0 radical (unpaired) electrons. The lowest BCUT2D eigenvalue weighted by Crippen LogP contribution is -2.14. The number of ether oxygens (including phenoxy) is 1. The van der Waals surface area contributed by atoms with E-state index in [0.29, 0.717) is 22.3 Å². The quantitative estimate of drug-likeness (QED) is 0.722. The predicted molar refractivity (Wildman–Crippen MR) is 78.8 cm³/mol. The van der Waals surface area contributed by atoms with Gasteiger partial charge in [0.15, 0.2) is 0 Å². The van der Waals surface area contributed by atoms with Gasteiger partial charge in [-0.1, -0.05) is 0 Å². The number of rotatable bonds is 2. The maximum atomic E-state index is 12.1. The number of hydrogen-bond donors (Lipinski definition) is 1. The topological polar surface area (TPSA) is 81.4 Å².